The van der Waals surface area contributed by atoms with E-state index in [2.05, 4.69) is 0 Å². The Morgan fingerprint density at radius 1 is 1.30 bits per heavy atom. The minimum Gasteiger partial charge on any atom is -0.264 e. The molecule has 0 heterocycles. The molecule has 0 saturated heterocycles. The third-order valence-electron chi connectivity index (χ3n) is 2.97. The second-order valence-electron chi connectivity index (χ2n) is 3.53. The first-order chi connectivity index (χ1) is 4.77. The van der Waals surface area contributed by atoms with Gasteiger partial charge in [-0.2, -0.15) is 0 Å². The Labute approximate surface area is 59.6 Å². The third kappa shape index (κ3) is 0.728. The van der Waals surface area contributed by atoms with Gasteiger partial charge in [0, 0.05) is 17.3 Å². The summed E-state index contributed by atoms with van der Waals surface area (Å²) in [5.41, 5.74) is 0. The van der Waals surface area contributed by atoms with Crippen LogP contribution in [0, 0.1) is 22.0 Å². The minimum absolute atomic E-state index is 0.0795. The van der Waals surface area contributed by atoms with Gasteiger partial charge < -0.3 is 0 Å². The molecule has 3 heteroatoms. The fraction of sp³-hybridized carbons (Fsp3) is 1.00. The molecule has 0 aromatic heterocycles. The highest BCUT2D eigenvalue weighted by molar-refractivity contribution is 4.90. The van der Waals surface area contributed by atoms with Gasteiger partial charge in [0.15, 0.2) is 0 Å². The van der Waals surface area contributed by atoms with Gasteiger partial charge in [-0.1, -0.05) is 0 Å². The molecule has 3 atom stereocenters. The summed E-state index contributed by atoms with van der Waals surface area (Å²) in [5, 5.41) is 10.4. The van der Waals surface area contributed by atoms with Crippen LogP contribution < -0.4 is 0 Å². The van der Waals surface area contributed by atoms with Crippen molar-refractivity contribution in [3.63, 3.8) is 0 Å². The Morgan fingerprint density at radius 3 is 2.40 bits per heavy atom. The van der Waals surface area contributed by atoms with Crippen LogP contribution in [0.4, 0.5) is 0 Å². The van der Waals surface area contributed by atoms with Crippen molar-refractivity contribution >= 4 is 0 Å². The molecule has 0 spiro atoms. The maximum absolute atomic E-state index is 10.4. The number of hydrogen-bond acceptors (Lipinski definition) is 2. The van der Waals surface area contributed by atoms with Gasteiger partial charge in [0.1, 0.15) is 0 Å². The zero-order valence-corrected chi connectivity index (χ0v) is 5.82. The van der Waals surface area contributed by atoms with Crippen LogP contribution in [0.2, 0.25) is 0 Å². The van der Waals surface area contributed by atoms with Crippen LogP contribution in [0.15, 0.2) is 0 Å². The van der Waals surface area contributed by atoms with Gasteiger partial charge in [0.2, 0.25) is 6.04 Å². The third-order valence-corrected chi connectivity index (χ3v) is 2.97. The Kier molecular flexibility index (Phi) is 1.19. The summed E-state index contributed by atoms with van der Waals surface area (Å²) in [6.45, 7) is 0. The summed E-state index contributed by atoms with van der Waals surface area (Å²) < 4.78 is 0. The summed E-state index contributed by atoms with van der Waals surface area (Å²) in [7, 11) is 0. The topological polar surface area (TPSA) is 43.1 Å². The maximum Gasteiger partial charge on any atom is 0.216 e. The van der Waals surface area contributed by atoms with E-state index in [1.165, 1.54) is 6.42 Å². The lowest BCUT2D eigenvalue weighted by atomic mass is 9.96. The van der Waals surface area contributed by atoms with E-state index in [1.807, 2.05) is 0 Å². The Bertz CT molecular complexity index is 169. The molecular formula is C7H11NO2. The van der Waals surface area contributed by atoms with Crippen molar-refractivity contribution in [2.75, 3.05) is 0 Å². The van der Waals surface area contributed by atoms with Gasteiger partial charge in [-0.3, -0.25) is 10.1 Å². The smallest absolute Gasteiger partial charge is 0.216 e. The Hall–Kier alpha value is -0.600. The van der Waals surface area contributed by atoms with E-state index in [0.717, 1.165) is 19.3 Å². The SMILES string of the molecule is O=[N+]([O-])[C@@H]1C[C@H]2CC[C@@H]1C2. The highest BCUT2D eigenvalue weighted by Gasteiger charge is 2.46. The van der Waals surface area contributed by atoms with Gasteiger partial charge in [-0.05, 0) is 25.2 Å². The first-order valence-corrected chi connectivity index (χ1v) is 3.91. The molecule has 2 bridgehead atoms. The molecule has 2 aliphatic rings. The molecule has 2 aliphatic carbocycles. The van der Waals surface area contributed by atoms with E-state index in [9.17, 15) is 10.1 Å². The van der Waals surface area contributed by atoms with E-state index >= 15 is 0 Å². The molecule has 2 rings (SSSR count). The minimum atomic E-state index is -0.182. The van der Waals surface area contributed by atoms with Crippen molar-refractivity contribution in [2.45, 2.75) is 31.7 Å². The van der Waals surface area contributed by atoms with Gasteiger partial charge in [-0.15, -0.1) is 0 Å². The highest BCUT2D eigenvalue weighted by Crippen LogP contribution is 2.45. The van der Waals surface area contributed by atoms with E-state index in [0.29, 0.717) is 11.8 Å². The van der Waals surface area contributed by atoms with E-state index in [4.69, 9.17) is 0 Å². The molecule has 0 amide bonds. The van der Waals surface area contributed by atoms with Crippen molar-refractivity contribution in [3.8, 4) is 0 Å². The maximum atomic E-state index is 10.4. The molecule has 56 valence electrons. The molecule has 0 aromatic carbocycles. The Morgan fingerprint density at radius 2 is 2.10 bits per heavy atom. The number of fused-ring (bicyclic) bond motifs is 2. The predicted octanol–water partition coefficient (Wildman–Crippen LogP) is 1.45. The largest absolute Gasteiger partial charge is 0.264 e. The summed E-state index contributed by atoms with van der Waals surface area (Å²) in [6, 6.07) is -0.182. The Balaban J connectivity index is 2.08. The van der Waals surface area contributed by atoms with Crippen LogP contribution in [0.5, 0.6) is 0 Å². The molecule has 0 unspecified atom stereocenters. The summed E-state index contributed by atoms with van der Waals surface area (Å²) in [5.74, 6) is 1.13. The average Bonchev–Trinajstić information content (AvgIpc) is 2.44. The number of nitrogens with zero attached hydrogens (tertiary/aromatic N) is 1. The van der Waals surface area contributed by atoms with E-state index < -0.39 is 0 Å². The molecular weight excluding hydrogens is 130 g/mol. The molecule has 0 aromatic rings. The van der Waals surface area contributed by atoms with Crippen LogP contribution >= 0.6 is 0 Å². The lowest BCUT2D eigenvalue weighted by molar-refractivity contribution is -0.530. The van der Waals surface area contributed by atoms with Gasteiger partial charge in [0.05, 0.1) is 0 Å². The fourth-order valence-electron chi connectivity index (χ4n) is 2.47. The van der Waals surface area contributed by atoms with Crippen molar-refractivity contribution in [1.29, 1.82) is 0 Å². The van der Waals surface area contributed by atoms with Crippen LogP contribution in [-0.4, -0.2) is 11.0 Å². The predicted molar refractivity (Wildman–Crippen MR) is 36.2 cm³/mol. The van der Waals surface area contributed by atoms with Crippen molar-refractivity contribution < 1.29 is 4.92 Å². The lowest BCUT2D eigenvalue weighted by Crippen LogP contribution is -2.25. The lowest BCUT2D eigenvalue weighted by Gasteiger charge is -2.13. The molecule has 0 aliphatic heterocycles. The normalized spacial score (nSPS) is 44.2. The molecule has 0 N–H and O–H groups in total. The number of nitro groups is 1. The quantitative estimate of drug-likeness (QED) is 0.409. The average molecular weight is 141 g/mol. The number of hydrogen-bond donors (Lipinski definition) is 0. The first kappa shape index (κ1) is 6.13. The summed E-state index contributed by atoms with van der Waals surface area (Å²) >= 11 is 0. The first-order valence-electron chi connectivity index (χ1n) is 3.91. The van der Waals surface area contributed by atoms with Gasteiger partial charge in [-0.25, -0.2) is 0 Å². The summed E-state index contributed by atoms with van der Waals surface area (Å²) in [4.78, 5) is 10.3. The van der Waals surface area contributed by atoms with Crippen LogP contribution in [0.3, 0.4) is 0 Å². The zero-order valence-electron chi connectivity index (χ0n) is 5.82. The molecule has 3 nitrogen and oxygen atoms in total. The van der Waals surface area contributed by atoms with Crippen LogP contribution in [0.1, 0.15) is 25.7 Å². The van der Waals surface area contributed by atoms with E-state index in [-0.39, 0.29) is 11.0 Å². The fourth-order valence-corrected chi connectivity index (χ4v) is 2.47. The molecule has 2 saturated carbocycles. The van der Waals surface area contributed by atoms with Crippen molar-refractivity contribution in [1.82, 2.24) is 0 Å². The second kappa shape index (κ2) is 1.94. The summed E-state index contributed by atoms with van der Waals surface area (Å²) in [6.07, 6.45) is 4.34. The molecule has 10 heavy (non-hydrogen) atoms. The van der Waals surface area contributed by atoms with Crippen molar-refractivity contribution in [3.05, 3.63) is 10.1 Å². The van der Waals surface area contributed by atoms with E-state index in [1.54, 1.807) is 0 Å². The number of rotatable bonds is 1. The van der Waals surface area contributed by atoms with Crippen molar-refractivity contribution in [2.24, 2.45) is 11.8 Å². The second-order valence-corrected chi connectivity index (χ2v) is 3.53. The van der Waals surface area contributed by atoms with Crippen LogP contribution in [-0.2, 0) is 0 Å². The van der Waals surface area contributed by atoms with Gasteiger partial charge >= 0.3 is 0 Å². The standard InChI is InChI=1S/C7H11NO2/c9-8(10)7-4-5-1-2-6(7)3-5/h5-7H,1-4H2/t5-,6+,7+/m0/s1. The molecule has 0 radical (unpaired) electrons. The highest BCUT2D eigenvalue weighted by atomic mass is 16.6. The van der Waals surface area contributed by atoms with Gasteiger partial charge in [0.25, 0.3) is 0 Å². The van der Waals surface area contributed by atoms with Crippen LogP contribution in [0.25, 0.3) is 0 Å². The molecule has 2 fully saturated rings. The monoisotopic (exact) mass is 141 g/mol. The zero-order chi connectivity index (χ0) is 7.14.